The van der Waals surface area contributed by atoms with Crippen LogP contribution < -0.4 is 4.90 Å². The minimum atomic E-state index is 0.440. The maximum absolute atomic E-state index is 5.14. The van der Waals surface area contributed by atoms with Crippen molar-refractivity contribution in [2.45, 2.75) is 25.8 Å². The van der Waals surface area contributed by atoms with Gasteiger partial charge >= 0.3 is 0 Å². The van der Waals surface area contributed by atoms with Crippen LogP contribution in [0.25, 0.3) is 0 Å². The molecule has 0 aromatic carbocycles. The monoisotopic (exact) mass is 207 g/mol. The van der Waals surface area contributed by atoms with Gasteiger partial charge in [0.05, 0.1) is 19.3 Å². The van der Waals surface area contributed by atoms with Crippen LogP contribution in [0.5, 0.6) is 0 Å². The minimum Gasteiger partial charge on any atom is -0.377 e. The number of hydrogen-bond acceptors (Lipinski definition) is 4. The molecule has 15 heavy (non-hydrogen) atoms. The lowest BCUT2D eigenvalue weighted by atomic mass is 10.1. The van der Waals surface area contributed by atoms with Crippen LogP contribution >= 0.6 is 0 Å². The summed E-state index contributed by atoms with van der Waals surface area (Å²) in [4.78, 5) is 10.8. The topological polar surface area (TPSA) is 38.2 Å². The van der Waals surface area contributed by atoms with E-state index in [1.165, 1.54) is 5.56 Å². The molecule has 1 aliphatic rings. The van der Waals surface area contributed by atoms with Crippen LogP contribution in [0.1, 0.15) is 25.3 Å². The van der Waals surface area contributed by atoms with E-state index in [9.17, 15) is 0 Å². The summed E-state index contributed by atoms with van der Waals surface area (Å²) in [5, 5.41) is 0. The molecule has 2 rings (SSSR count). The molecule has 4 heteroatoms. The van der Waals surface area contributed by atoms with Gasteiger partial charge in [-0.05, 0) is 11.5 Å². The van der Waals surface area contributed by atoms with Gasteiger partial charge in [-0.1, -0.05) is 13.8 Å². The maximum Gasteiger partial charge on any atom is 0.225 e. The minimum absolute atomic E-state index is 0.440. The molecule has 0 spiro atoms. The number of aromatic nitrogens is 2. The highest BCUT2D eigenvalue weighted by Crippen LogP contribution is 2.17. The zero-order chi connectivity index (χ0) is 10.8. The summed E-state index contributed by atoms with van der Waals surface area (Å²) in [5.41, 5.74) is 1.18. The molecule has 0 saturated carbocycles. The van der Waals surface area contributed by atoms with Gasteiger partial charge in [0.25, 0.3) is 0 Å². The second-order valence-corrected chi connectivity index (χ2v) is 4.27. The van der Waals surface area contributed by atoms with E-state index >= 15 is 0 Å². The summed E-state index contributed by atoms with van der Waals surface area (Å²) in [7, 11) is 2.01. The SMILES string of the molecule is CC(C)c1cnc(N(C)C2COC2)nc1. The molecule has 4 nitrogen and oxygen atoms in total. The predicted molar refractivity (Wildman–Crippen MR) is 59.1 cm³/mol. The Balaban J connectivity index is 2.08. The van der Waals surface area contributed by atoms with Crippen LogP contribution in [-0.2, 0) is 4.74 Å². The van der Waals surface area contributed by atoms with Crippen molar-refractivity contribution in [1.82, 2.24) is 9.97 Å². The third-order valence-corrected chi connectivity index (χ3v) is 2.81. The summed E-state index contributed by atoms with van der Waals surface area (Å²) < 4.78 is 5.14. The Bertz CT molecular complexity index is 319. The lowest BCUT2D eigenvalue weighted by molar-refractivity contribution is 0.00960. The molecule has 82 valence electrons. The van der Waals surface area contributed by atoms with Crippen molar-refractivity contribution in [3.05, 3.63) is 18.0 Å². The van der Waals surface area contributed by atoms with Crippen LogP contribution in [0.2, 0.25) is 0 Å². The number of rotatable bonds is 3. The molecule has 0 amide bonds. The molecule has 0 unspecified atom stereocenters. The quantitative estimate of drug-likeness (QED) is 0.751. The number of likely N-dealkylation sites (N-methyl/N-ethyl adjacent to an activating group) is 1. The standard InChI is InChI=1S/C11H17N3O/c1-8(2)9-4-12-11(13-5-9)14(3)10-6-15-7-10/h4-5,8,10H,6-7H2,1-3H3. The Labute approximate surface area is 90.3 Å². The van der Waals surface area contributed by atoms with Gasteiger partial charge in [0.1, 0.15) is 0 Å². The molecular formula is C11H17N3O. The van der Waals surface area contributed by atoms with Crippen molar-refractivity contribution in [2.24, 2.45) is 0 Å². The average Bonchev–Trinajstić information content (AvgIpc) is 2.15. The van der Waals surface area contributed by atoms with Crippen LogP contribution in [-0.4, -0.2) is 36.3 Å². The van der Waals surface area contributed by atoms with E-state index in [4.69, 9.17) is 4.74 Å². The first-order chi connectivity index (χ1) is 7.18. The fourth-order valence-electron chi connectivity index (χ4n) is 1.42. The van der Waals surface area contributed by atoms with Crippen LogP contribution in [0, 0.1) is 0 Å². The summed E-state index contributed by atoms with van der Waals surface area (Å²) in [6.45, 7) is 5.85. The predicted octanol–water partition coefficient (Wildman–Crippen LogP) is 1.44. The summed E-state index contributed by atoms with van der Waals surface area (Å²) in [6, 6.07) is 0.440. The Morgan fingerprint density at radius 1 is 1.33 bits per heavy atom. The zero-order valence-corrected chi connectivity index (χ0v) is 9.47. The smallest absolute Gasteiger partial charge is 0.225 e. The van der Waals surface area contributed by atoms with Gasteiger partial charge < -0.3 is 9.64 Å². The Hall–Kier alpha value is -1.16. The van der Waals surface area contributed by atoms with Gasteiger partial charge in [-0.3, -0.25) is 0 Å². The third-order valence-electron chi connectivity index (χ3n) is 2.81. The first-order valence-corrected chi connectivity index (χ1v) is 5.31. The fourth-order valence-corrected chi connectivity index (χ4v) is 1.42. The van der Waals surface area contributed by atoms with Crippen molar-refractivity contribution in [1.29, 1.82) is 0 Å². The maximum atomic E-state index is 5.14. The Kier molecular flexibility index (Phi) is 2.86. The highest BCUT2D eigenvalue weighted by atomic mass is 16.5. The van der Waals surface area contributed by atoms with Gasteiger partial charge in [0.2, 0.25) is 5.95 Å². The lowest BCUT2D eigenvalue weighted by Crippen LogP contribution is -2.47. The largest absolute Gasteiger partial charge is 0.377 e. The Morgan fingerprint density at radius 3 is 2.33 bits per heavy atom. The Morgan fingerprint density at radius 2 is 1.93 bits per heavy atom. The molecular weight excluding hydrogens is 190 g/mol. The summed E-state index contributed by atoms with van der Waals surface area (Å²) >= 11 is 0. The number of ether oxygens (including phenoxy) is 1. The molecule has 0 N–H and O–H groups in total. The highest BCUT2D eigenvalue weighted by Gasteiger charge is 2.24. The lowest BCUT2D eigenvalue weighted by Gasteiger charge is -2.34. The number of hydrogen-bond donors (Lipinski definition) is 0. The average molecular weight is 207 g/mol. The van der Waals surface area contributed by atoms with Gasteiger partial charge in [-0.25, -0.2) is 9.97 Å². The summed E-state index contributed by atoms with van der Waals surface area (Å²) in [5.74, 6) is 1.27. The van der Waals surface area contributed by atoms with E-state index in [1.54, 1.807) is 0 Å². The molecule has 0 radical (unpaired) electrons. The van der Waals surface area contributed by atoms with Crippen molar-refractivity contribution in [3.8, 4) is 0 Å². The third kappa shape index (κ3) is 2.09. The van der Waals surface area contributed by atoms with Crippen molar-refractivity contribution >= 4 is 5.95 Å². The van der Waals surface area contributed by atoms with Crippen LogP contribution in [0.15, 0.2) is 12.4 Å². The van der Waals surface area contributed by atoms with Crippen molar-refractivity contribution in [2.75, 3.05) is 25.2 Å². The normalized spacial score (nSPS) is 16.5. The molecule has 1 saturated heterocycles. The first-order valence-electron chi connectivity index (χ1n) is 5.31. The molecule has 1 aromatic rings. The van der Waals surface area contributed by atoms with E-state index in [-0.39, 0.29) is 0 Å². The van der Waals surface area contributed by atoms with Crippen LogP contribution in [0.4, 0.5) is 5.95 Å². The van der Waals surface area contributed by atoms with Gasteiger partial charge in [-0.2, -0.15) is 0 Å². The zero-order valence-electron chi connectivity index (χ0n) is 9.47. The molecule has 1 aromatic heterocycles. The molecule has 0 bridgehead atoms. The molecule has 1 aliphatic heterocycles. The van der Waals surface area contributed by atoms with Crippen LogP contribution in [0.3, 0.4) is 0 Å². The van der Waals surface area contributed by atoms with Gasteiger partial charge in [0, 0.05) is 19.4 Å². The van der Waals surface area contributed by atoms with E-state index < -0.39 is 0 Å². The van der Waals surface area contributed by atoms with Crippen molar-refractivity contribution in [3.63, 3.8) is 0 Å². The van der Waals surface area contributed by atoms with Crippen molar-refractivity contribution < 1.29 is 4.74 Å². The number of anilines is 1. The fraction of sp³-hybridized carbons (Fsp3) is 0.636. The molecule has 1 fully saturated rings. The highest BCUT2D eigenvalue weighted by molar-refractivity contribution is 5.31. The van der Waals surface area contributed by atoms with E-state index in [2.05, 4.69) is 28.7 Å². The van der Waals surface area contributed by atoms with E-state index in [0.29, 0.717) is 12.0 Å². The number of nitrogens with zero attached hydrogens (tertiary/aromatic N) is 3. The van der Waals surface area contributed by atoms with Gasteiger partial charge in [-0.15, -0.1) is 0 Å². The van der Waals surface area contributed by atoms with Gasteiger partial charge in [0.15, 0.2) is 0 Å². The first kappa shape index (κ1) is 10.4. The van der Waals surface area contributed by atoms with E-state index in [0.717, 1.165) is 19.2 Å². The second kappa shape index (κ2) is 4.14. The summed E-state index contributed by atoms with van der Waals surface area (Å²) in [6.07, 6.45) is 3.81. The van der Waals surface area contributed by atoms with E-state index in [1.807, 2.05) is 19.4 Å². The second-order valence-electron chi connectivity index (χ2n) is 4.27. The molecule has 2 heterocycles. The molecule has 0 aliphatic carbocycles. The molecule has 0 atom stereocenters.